The molecule has 6 nitrogen and oxygen atoms in total. The van der Waals surface area contributed by atoms with Crippen molar-refractivity contribution in [3.8, 4) is 5.75 Å². The summed E-state index contributed by atoms with van der Waals surface area (Å²) in [5.74, 6) is 0.592. The molecule has 1 fully saturated rings. The van der Waals surface area contributed by atoms with Gasteiger partial charge in [0.15, 0.2) is 0 Å². The van der Waals surface area contributed by atoms with E-state index >= 15 is 0 Å². The van der Waals surface area contributed by atoms with E-state index in [4.69, 9.17) is 4.74 Å². The summed E-state index contributed by atoms with van der Waals surface area (Å²) < 4.78 is 33.1. The first-order chi connectivity index (χ1) is 11.4. The first-order valence-electron chi connectivity index (χ1n) is 7.79. The van der Waals surface area contributed by atoms with E-state index in [0.717, 1.165) is 16.8 Å². The molecule has 0 unspecified atom stereocenters. The maximum atomic E-state index is 12.7. The number of anilines is 2. The van der Waals surface area contributed by atoms with Crippen LogP contribution in [0.5, 0.6) is 5.75 Å². The summed E-state index contributed by atoms with van der Waals surface area (Å²) in [5.41, 5.74) is 2.75. The zero-order valence-electron chi connectivity index (χ0n) is 14.0. The fourth-order valence-corrected chi connectivity index (χ4v) is 3.57. The van der Waals surface area contributed by atoms with Gasteiger partial charge in [-0.3, -0.25) is 4.72 Å². The highest BCUT2D eigenvalue weighted by Crippen LogP contribution is 2.29. The zero-order valence-corrected chi connectivity index (χ0v) is 14.8. The summed E-state index contributed by atoms with van der Waals surface area (Å²) in [6, 6.07) is 7.32. The third-order valence-corrected chi connectivity index (χ3v) is 5.40. The molecule has 1 aliphatic carbocycles. The van der Waals surface area contributed by atoms with Crippen LogP contribution in [0.1, 0.15) is 24.0 Å². The van der Waals surface area contributed by atoms with Gasteiger partial charge in [0.2, 0.25) is 0 Å². The largest absolute Gasteiger partial charge is 0.495 e. The number of nitrogens with one attached hydrogen (secondary N) is 2. The molecule has 1 aromatic carbocycles. The topological polar surface area (TPSA) is 80.3 Å². The van der Waals surface area contributed by atoms with Crippen LogP contribution in [0.4, 0.5) is 11.5 Å². The molecule has 7 heteroatoms. The van der Waals surface area contributed by atoms with Crippen molar-refractivity contribution in [2.24, 2.45) is 0 Å². The quantitative estimate of drug-likeness (QED) is 0.839. The van der Waals surface area contributed by atoms with Crippen LogP contribution in [-0.4, -0.2) is 26.6 Å². The molecule has 2 N–H and O–H groups in total. The van der Waals surface area contributed by atoms with Crippen molar-refractivity contribution in [1.82, 2.24) is 4.98 Å². The summed E-state index contributed by atoms with van der Waals surface area (Å²) in [7, 11) is -2.32. The molecule has 0 atom stereocenters. The Hall–Kier alpha value is -2.28. The number of rotatable bonds is 6. The molecule has 1 aliphatic rings. The van der Waals surface area contributed by atoms with Crippen molar-refractivity contribution in [1.29, 1.82) is 0 Å². The molecule has 1 aromatic heterocycles. The molecule has 1 heterocycles. The monoisotopic (exact) mass is 347 g/mol. The minimum Gasteiger partial charge on any atom is -0.495 e. The second-order valence-corrected chi connectivity index (χ2v) is 7.69. The van der Waals surface area contributed by atoms with Crippen molar-refractivity contribution in [3.05, 3.63) is 41.6 Å². The second kappa shape index (κ2) is 6.32. The lowest BCUT2D eigenvalue weighted by Gasteiger charge is -2.13. The molecule has 3 rings (SSSR count). The van der Waals surface area contributed by atoms with Crippen LogP contribution in [-0.2, 0) is 10.0 Å². The summed E-state index contributed by atoms with van der Waals surface area (Å²) in [6.07, 6.45) is 3.97. The summed E-state index contributed by atoms with van der Waals surface area (Å²) in [4.78, 5) is 4.28. The van der Waals surface area contributed by atoms with E-state index in [0.29, 0.717) is 11.8 Å². The predicted molar refractivity (Wildman–Crippen MR) is 94.2 cm³/mol. The predicted octanol–water partition coefficient (Wildman–Crippen LogP) is 3.08. The van der Waals surface area contributed by atoms with Gasteiger partial charge in [0.25, 0.3) is 10.0 Å². The van der Waals surface area contributed by atoms with Gasteiger partial charge in [0, 0.05) is 6.04 Å². The van der Waals surface area contributed by atoms with Gasteiger partial charge in [-0.05, 0) is 62.1 Å². The fourth-order valence-electron chi connectivity index (χ4n) is 2.33. The standard InChI is InChI=1S/C17H21N3O3S/c1-11-8-15(23-3)16(9-12(11)2)24(21,22)20-17-7-6-14(10-18-17)19-13-4-5-13/h6-10,13,19H,4-5H2,1-3H3,(H,18,20). The molecular weight excluding hydrogens is 326 g/mol. The lowest BCUT2D eigenvalue weighted by atomic mass is 10.1. The van der Waals surface area contributed by atoms with Gasteiger partial charge in [0.05, 0.1) is 19.0 Å². The summed E-state index contributed by atoms with van der Waals surface area (Å²) in [5, 5.41) is 3.31. The number of methoxy groups -OCH3 is 1. The lowest BCUT2D eigenvalue weighted by molar-refractivity contribution is 0.402. The van der Waals surface area contributed by atoms with E-state index in [1.165, 1.54) is 20.0 Å². The van der Waals surface area contributed by atoms with Crippen LogP contribution in [0.25, 0.3) is 0 Å². The molecule has 2 aromatic rings. The number of hydrogen-bond donors (Lipinski definition) is 2. The average Bonchev–Trinajstić information content (AvgIpc) is 3.35. The van der Waals surface area contributed by atoms with Gasteiger partial charge in [0.1, 0.15) is 16.5 Å². The number of nitrogens with zero attached hydrogens (tertiary/aromatic N) is 1. The van der Waals surface area contributed by atoms with E-state index in [1.807, 2.05) is 19.9 Å². The Morgan fingerprint density at radius 1 is 1.17 bits per heavy atom. The van der Waals surface area contributed by atoms with Gasteiger partial charge < -0.3 is 10.1 Å². The van der Waals surface area contributed by atoms with E-state index in [9.17, 15) is 8.42 Å². The Morgan fingerprint density at radius 3 is 2.46 bits per heavy atom. The van der Waals surface area contributed by atoms with E-state index in [2.05, 4.69) is 15.0 Å². The number of pyridine rings is 1. The van der Waals surface area contributed by atoms with Crippen LogP contribution < -0.4 is 14.8 Å². The van der Waals surface area contributed by atoms with Crippen LogP contribution in [0.15, 0.2) is 35.4 Å². The minimum atomic E-state index is -3.78. The zero-order chi connectivity index (χ0) is 17.3. The van der Waals surface area contributed by atoms with E-state index < -0.39 is 10.0 Å². The number of aromatic nitrogens is 1. The Labute approximate surface area is 142 Å². The van der Waals surface area contributed by atoms with Gasteiger partial charge >= 0.3 is 0 Å². The molecule has 1 saturated carbocycles. The van der Waals surface area contributed by atoms with E-state index in [1.54, 1.807) is 24.4 Å². The average molecular weight is 347 g/mol. The molecular formula is C17H21N3O3S. The van der Waals surface area contributed by atoms with Gasteiger partial charge in [-0.15, -0.1) is 0 Å². The number of aryl methyl sites for hydroxylation is 2. The maximum absolute atomic E-state index is 12.7. The summed E-state index contributed by atoms with van der Waals surface area (Å²) >= 11 is 0. The molecule has 0 amide bonds. The number of sulfonamides is 1. The maximum Gasteiger partial charge on any atom is 0.266 e. The Kier molecular flexibility index (Phi) is 4.36. The van der Waals surface area contributed by atoms with Crippen LogP contribution in [0, 0.1) is 13.8 Å². The molecule has 0 saturated heterocycles. The number of benzene rings is 1. The van der Waals surface area contributed by atoms with Crippen molar-refractivity contribution in [2.45, 2.75) is 37.6 Å². The van der Waals surface area contributed by atoms with Crippen LogP contribution in [0.2, 0.25) is 0 Å². The number of ether oxygens (including phenoxy) is 1. The normalized spacial score (nSPS) is 14.3. The minimum absolute atomic E-state index is 0.107. The SMILES string of the molecule is COc1cc(C)c(C)cc1S(=O)(=O)Nc1ccc(NC2CC2)cn1. The van der Waals surface area contributed by atoms with Crippen molar-refractivity contribution in [3.63, 3.8) is 0 Å². The molecule has 0 radical (unpaired) electrons. The highest BCUT2D eigenvalue weighted by atomic mass is 32.2. The fraction of sp³-hybridized carbons (Fsp3) is 0.353. The Balaban J connectivity index is 1.84. The molecule has 0 aliphatic heterocycles. The highest BCUT2D eigenvalue weighted by molar-refractivity contribution is 7.92. The van der Waals surface area contributed by atoms with Crippen molar-refractivity contribution >= 4 is 21.5 Å². The van der Waals surface area contributed by atoms with Crippen molar-refractivity contribution < 1.29 is 13.2 Å². The first kappa shape index (κ1) is 16.6. The first-order valence-corrected chi connectivity index (χ1v) is 9.28. The summed E-state index contributed by atoms with van der Waals surface area (Å²) in [6.45, 7) is 3.78. The van der Waals surface area contributed by atoms with Crippen LogP contribution in [0.3, 0.4) is 0 Å². The third kappa shape index (κ3) is 3.62. The molecule has 0 spiro atoms. The smallest absolute Gasteiger partial charge is 0.266 e. The van der Waals surface area contributed by atoms with Gasteiger partial charge in [-0.2, -0.15) is 0 Å². The Morgan fingerprint density at radius 2 is 1.88 bits per heavy atom. The lowest BCUT2D eigenvalue weighted by Crippen LogP contribution is -2.15. The highest BCUT2D eigenvalue weighted by Gasteiger charge is 2.22. The van der Waals surface area contributed by atoms with Gasteiger partial charge in [-0.1, -0.05) is 0 Å². The van der Waals surface area contributed by atoms with E-state index in [-0.39, 0.29) is 10.7 Å². The Bertz CT molecular complexity index is 844. The molecule has 24 heavy (non-hydrogen) atoms. The third-order valence-electron chi connectivity index (χ3n) is 4.02. The second-order valence-electron chi connectivity index (χ2n) is 6.04. The van der Waals surface area contributed by atoms with Crippen LogP contribution >= 0.6 is 0 Å². The van der Waals surface area contributed by atoms with Gasteiger partial charge in [-0.25, -0.2) is 13.4 Å². The molecule has 128 valence electrons. The van der Waals surface area contributed by atoms with Crippen molar-refractivity contribution in [2.75, 3.05) is 17.1 Å². The number of hydrogen-bond acceptors (Lipinski definition) is 5. The molecule has 0 bridgehead atoms.